The lowest BCUT2D eigenvalue weighted by atomic mass is 9.97. The average molecular weight is 422 g/mol. The molecule has 0 fully saturated rings. The largest absolute Gasteiger partial charge is 0.391 e. The summed E-state index contributed by atoms with van der Waals surface area (Å²) in [6.45, 7) is 0. The van der Waals surface area contributed by atoms with E-state index in [1.807, 2.05) is 48.5 Å². The number of nitrogens with two attached hydrogens (primary N) is 1. The molecule has 3 N–H and O–H groups in total. The third kappa shape index (κ3) is 4.57. The minimum Gasteiger partial charge on any atom is -0.391 e. The van der Waals surface area contributed by atoms with Gasteiger partial charge in [0.1, 0.15) is 0 Å². The minimum atomic E-state index is -0.601. The molecule has 0 aromatic heterocycles. The number of hydrogen-bond donors (Lipinski definition) is 2. The molecule has 5 heteroatoms. The van der Waals surface area contributed by atoms with Crippen LogP contribution in [0.15, 0.2) is 57.5 Å². The first kappa shape index (κ1) is 17.7. The molecule has 0 bridgehead atoms. The summed E-state index contributed by atoms with van der Waals surface area (Å²) in [5, 5.41) is 10.2. The Labute approximate surface area is 142 Å². The summed E-state index contributed by atoms with van der Waals surface area (Å²) in [4.78, 5) is 0. The van der Waals surface area contributed by atoms with Crippen LogP contribution in [-0.4, -0.2) is 11.2 Å². The van der Waals surface area contributed by atoms with E-state index < -0.39 is 12.1 Å². The van der Waals surface area contributed by atoms with Crippen molar-refractivity contribution >= 4 is 44.3 Å². The van der Waals surface area contributed by atoms with Crippen LogP contribution in [0.5, 0.6) is 0 Å². The standard InChI is InChI=1S/C15H15Br2NO.ClH/c16-12-7-6-11(9-13(12)17)15(18)14(19)8-10-4-2-1-3-5-10;/h1-7,9,14-15,19H,8,18H2;1H/t14-,15+;/m1./s1. The van der Waals surface area contributed by atoms with Gasteiger partial charge in [-0.1, -0.05) is 36.4 Å². The number of halogens is 3. The predicted octanol–water partition coefficient (Wildman–Crippen LogP) is 4.24. The molecule has 0 heterocycles. The van der Waals surface area contributed by atoms with Crippen LogP contribution in [0.2, 0.25) is 0 Å². The minimum absolute atomic E-state index is 0. The molecule has 2 atom stereocenters. The first-order valence-electron chi connectivity index (χ1n) is 6.00. The van der Waals surface area contributed by atoms with Crippen LogP contribution in [0.3, 0.4) is 0 Å². The fourth-order valence-corrected chi connectivity index (χ4v) is 2.57. The Bertz CT molecular complexity index is 551. The van der Waals surface area contributed by atoms with E-state index in [1.54, 1.807) is 0 Å². The van der Waals surface area contributed by atoms with E-state index in [9.17, 15) is 5.11 Å². The van der Waals surface area contributed by atoms with Gasteiger partial charge in [-0.05, 0) is 55.1 Å². The summed E-state index contributed by atoms with van der Waals surface area (Å²) in [5.41, 5.74) is 8.12. The zero-order valence-corrected chi connectivity index (χ0v) is 14.7. The molecule has 0 radical (unpaired) electrons. The maximum Gasteiger partial charge on any atom is 0.0773 e. The molecule has 0 aliphatic heterocycles. The van der Waals surface area contributed by atoms with Crippen molar-refractivity contribution in [3.63, 3.8) is 0 Å². The van der Waals surface area contributed by atoms with Crippen LogP contribution < -0.4 is 5.73 Å². The Balaban J connectivity index is 0.00000200. The number of benzene rings is 2. The zero-order valence-electron chi connectivity index (χ0n) is 10.7. The highest BCUT2D eigenvalue weighted by Crippen LogP contribution is 2.27. The van der Waals surface area contributed by atoms with Crippen LogP contribution in [0.4, 0.5) is 0 Å². The van der Waals surface area contributed by atoms with Crippen molar-refractivity contribution in [3.05, 3.63) is 68.6 Å². The highest BCUT2D eigenvalue weighted by atomic mass is 79.9. The molecule has 0 saturated carbocycles. The summed E-state index contributed by atoms with van der Waals surface area (Å²) < 4.78 is 1.91. The normalized spacial score (nSPS) is 13.4. The monoisotopic (exact) mass is 419 g/mol. The van der Waals surface area contributed by atoms with Crippen molar-refractivity contribution in [2.24, 2.45) is 5.73 Å². The van der Waals surface area contributed by atoms with Gasteiger partial charge in [0.15, 0.2) is 0 Å². The van der Waals surface area contributed by atoms with Crippen molar-refractivity contribution in [3.8, 4) is 0 Å². The molecule has 0 aliphatic carbocycles. The van der Waals surface area contributed by atoms with Crippen LogP contribution in [0.25, 0.3) is 0 Å². The first-order chi connectivity index (χ1) is 9.08. The smallest absolute Gasteiger partial charge is 0.0773 e. The Kier molecular flexibility index (Phi) is 7.20. The molecule has 2 aromatic rings. The zero-order chi connectivity index (χ0) is 13.8. The number of hydrogen-bond acceptors (Lipinski definition) is 2. The molecule has 2 aromatic carbocycles. The topological polar surface area (TPSA) is 46.2 Å². The molecular weight excluding hydrogens is 405 g/mol. The molecule has 0 amide bonds. The molecule has 0 saturated heterocycles. The fourth-order valence-electron chi connectivity index (χ4n) is 1.92. The second kappa shape index (κ2) is 8.15. The van der Waals surface area contributed by atoms with E-state index in [0.29, 0.717) is 6.42 Å². The van der Waals surface area contributed by atoms with Crippen molar-refractivity contribution in [1.82, 2.24) is 0 Å². The van der Waals surface area contributed by atoms with Crippen LogP contribution in [-0.2, 0) is 6.42 Å². The summed E-state index contributed by atoms with van der Waals surface area (Å²) in [6, 6.07) is 15.3. The Hall–Kier alpha value is -0.390. The first-order valence-corrected chi connectivity index (χ1v) is 7.59. The predicted molar refractivity (Wildman–Crippen MR) is 92.2 cm³/mol. The van der Waals surface area contributed by atoms with E-state index in [2.05, 4.69) is 31.9 Å². The lowest BCUT2D eigenvalue weighted by Gasteiger charge is -2.20. The number of aliphatic hydroxyl groups excluding tert-OH is 1. The molecule has 2 nitrogen and oxygen atoms in total. The second-order valence-corrected chi connectivity index (χ2v) is 6.17. The summed E-state index contributed by atoms with van der Waals surface area (Å²) >= 11 is 6.87. The third-order valence-electron chi connectivity index (χ3n) is 3.03. The molecule has 0 unspecified atom stereocenters. The molecular formula is C15H16Br2ClNO. The Morgan fingerprint density at radius 3 is 2.25 bits per heavy atom. The number of aliphatic hydroxyl groups is 1. The number of rotatable bonds is 4. The molecule has 20 heavy (non-hydrogen) atoms. The maximum atomic E-state index is 10.2. The van der Waals surface area contributed by atoms with Crippen molar-refractivity contribution in [1.29, 1.82) is 0 Å². The fraction of sp³-hybridized carbons (Fsp3) is 0.200. The summed E-state index contributed by atoms with van der Waals surface area (Å²) in [5.74, 6) is 0. The SMILES string of the molecule is Cl.N[C@@H](c1ccc(Br)c(Br)c1)[C@H](O)Cc1ccccc1. The third-order valence-corrected chi connectivity index (χ3v) is 4.91. The highest BCUT2D eigenvalue weighted by molar-refractivity contribution is 9.13. The lowest BCUT2D eigenvalue weighted by Crippen LogP contribution is -2.28. The molecule has 2 rings (SSSR count). The van der Waals surface area contributed by atoms with E-state index >= 15 is 0 Å². The van der Waals surface area contributed by atoms with Gasteiger partial charge in [-0.2, -0.15) is 0 Å². The highest BCUT2D eigenvalue weighted by Gasteiger charge is 2.17. The summed E-state index contributed by atoms with van der Waals surface area (Å²) in [7, 11) is 0. The van der Waals surface area contributed by atoms with Gasteiger partial charge in [0, 0.05) is 15.4 Å². The van der Waals surface area contributed by atoms with Gasteiger partial charge in [-0.3, -0.25) is 0 Å². The Morgan fingerprint density at radius 1 is 1.00 bits per heavy atom. The quantitative estimate of drug-likeness (QED) is 0.776. The van der Waals surface area contributed by atoms with Gasteiger partial charge in [0.2, 0.25) is 0 Å². The van der Waals surface area contributed by atoms with Crippen molar-refractivity contribution in [2.75, 3.05) is 0 Å². The van der Waals surface area contributed by atoms with E-state index in [4.69, 9.17) is 5.73 Å². The van der Waals surface area contributed by atoms with Crippen molar-refractivity contribution in [2.45, 2.75) is 18.6 Å². The van der Waals surface area contributed by atoms with Crippen LogP contribution in [0, 0.1) is 0 Å². The van der Waals surface area contributed by atoms with E-state index in [1.165, 1.54) is 0 Å². The Morgan fingerprint density at radius 2 is 1.65 bits per heavy atom. The molecule has 0 spiro atoms. The van der Waals surface area contributed by atoms with Crippen LogP contribution >= 0.6 is 44.3 Å². The van der Waals surface area contributed by atoms with Crippen molar-refractivity contribution < 1.29 is 5.11 Å². The molecule has 0 aliphatic rings. The van der Waals surface area contributed by atoms with Gasteiger partial charge in [0.25, 0.3) is 0 Å². The molecule has 108 valence electrons. The average Bonchev–Trinajstić information content (AvgIpc) is 2.42. The van der Waals surface area contributed by atoms with Gasteiger partial charge < -0.3 is 10.8 Å². The van der Waals surface area contributed by atoms with Gasteiger partial charge >= 0.3 is 0 Å². The van der Waals surface area contributed by atoms with Gasteiger partial charge in [0.05, 0.1) is 12.1 Å². The van der Waals surface area contributed by atoms with Gasteiger partial charge in [-0.25, -0.2) is 0 Å². The van der Waals surface area contributed by atoms with Crippen LogP contribution in [0.1, 0.15) is 17.2 Å². The van der Waals surface area contributed by atoms with E-state index in [-0.39, 0.29) is 12.4 Å². The van der Waals surface area contributed by atoms with Gasteiger partial charge in [-0.15, -0.1) is 12.4 Å². The second-order valence-electron chi connectivity index (χ2n) is 4.46. The van der Waals surface area contributed by atoms with E-state index in [0.717, 1.165) is 20.1 Å². The maximum absolute atomic E-state index is 10.2. The lowest BCUT2D eigenvalue weighted by molar-refractivity contribution is 0.145. The summed E-state index contributed by atoms with van der Waals surface area (Å²) in [6.07, 6.45) is -0.0501.